The first-order valence-electron chi connectivity index (χ1n) is 6.81. The number of benzene rings is 1. The molecule has 4 heteroatoms. The summed E-state index contributed by atoms with van der Waals surface area (Å²) in [4.78, 5) is 4.45. The number of hydrogen-bond acceptors (Lipinski definition) is 4. The Morgan fingerprint density at radius 1 is 1.21 bits per heavy atom. The summed E-state index contributed by atoms with van der Waals surface area (Å²) >= 11 is 0. The zero-order chi connectivity index (χ0) is 13.1. The highest BCUT2D eigenvalue weighted by molar-refractivity contribution is 5.15. The second-order valence-electron chi connectivity index (χ2n) is 5.09. The van der Waals surface area contributed by atoms with Crippen molar-refractivity contribution in [2.24, 2.45) is 5.92 Å². The first kappa shape index (κ1) is 12.4. The monoisotopic (exact) mass is 258 g/mol. The lowest BCUT2D eigenvalue weighted by molar-refractivity contribution is 0.0661. The minimum absolute atomic E-state index is 0.0158. The van der Waals surface area contributed by atoms with Gasteiger partial charge in [0.1, 0.15) is 6.10 Å². The number of nitrogens with zero attached hydrogens (tertiary/aromatic N) is 2. The molecule has 19 heavy (non-hydrogen) atoms. The molecule has 1 fully saturated rings. The molecule has 1 aromatic heterocycles. The van der Waals surface area contributed by atoms with Gasteiger partial charge in [0.15, 0.2) is 5.82 Å². The van der Waals surface area contributed by atoms with Gasteiger partial charge in [0.05, 0.1) is 0 Å². The van der Waals surface area contributed by atoms with E-state index in [0.29, 0.717) is 11.8 Å². The van der Waals surface area contributed by atoms with Gasteiger partial charge in [-0.05, 0) is 24.3 Å². The third-order valence-corrected chi connectivity index (χ3v) is 3.59. The molecule has 0 radical (unpaired) electrons. The van der Waals surface area contributed by atoms with Gasteiger partial charge >= 0.3 is 0 Å². The van der Waals surface area contributed by atoms with Crippen molar-refractivity contribution in [1.29, 1.82) is 0 Å². The van der Waals surface area contributed by atoms with Crippen molar-refractivity contribution >= 4 is 0 Å². The van der Waals surface area contributed by atoms with E-state index in [0.717, 1.165) is 31.7 Å². The highest BCUT2D eigenvalue weighted by Gasteiger charge is 2.30. The van der Waals surface area contributed by atoms with Crippen LogP contribution in [0.4, 0.5) is 0 Å². The van der Waals surface area contributed by atoms with Gasteiger partial charge in [-0.2, -0.15) is 4.98 Å². The molecule has 0 saturated carbocycles. The van der Waals surface area contributed by atoms with Gasteiger partial charge in [0.25, 0.3) is 5.89 Å². The first-order chi connectivity index (χ1) is 9.33. The lowest BCUT2D eigenvalue weighted by atomic mass is 10.0. The van der Waals surface area contributed by atoms with Gasteiger partial charge in [-0.25, -0.2) is 0 Å². The molecular formula is C15H18N2O2. The lowest BCUT2D eigenvalue weighted by Gasteiger charge is -2.07. The minimum atomic E-state index is -0.0158. The average Bonchev–Trinajstić information content (AvgIpc) is 3.06. The van der Waals surface area contributed by atoms with E-state index in [1.165, 1.54) is 5.56 Å². The van der Waals surface area contributed by atoms with Crippen LogP contribution in [-0.2, 0) is 17.6 Å². The highest BCUT2D eigenvalue weighted by Crippen LogP contribution is 2.32. The second kappa shape index (κ2) is 5.53. The summed E-state index contributed by atoms with van der Waals surface area (Å²) < 4.78 is 11.0. The lowest BCUT2D eigenvalue weighted by Crippen LogP contribution is -2.04. The average molecular weight is 258 g/mol. The number of hydrogen-bond donors (Lipinski definition) is 0. The van der Waals surface area contributed by atoms with Gasteiger partial charge in [-0.3, -0.25) is 0 Å². The van der Waals surface area contributed by atoms with Crippen molar-refractivity contribution < 1.29 is 9.26 Å². The van der Waals surface area contributed by atoms with Gasteiger partial charge in [-0.15, -0.1) is 0 Å². The molecule has 1 aromatic carbocycles. The zero-order valence-electron chi connectivity index (χ0n) is 11.1. The van der Waals surface area contributed by atoms with Crippen molar-refractivity contribution in [3.8, 4) is 0 Å². The van der Waals surface area contributed by atoms with Crippen LogP contribution in [-0.4, -0.2) is 16.7 Å². The summed E-state index contributed by atoms with van der Waals surface area (Å²) in [5, 5.41) is 4.04. The van der Waals surface area contributed by atoms with E-state index in [1.54, 1.807) is 0 Å². The molecule has 1 aliphatic heterocycles. The standard InChI is InChI=1S/C15H18N2O2/c1-11-9-10-18-14(11)15-16-13(17-19-15)8-7-12-5-3-2-4-6-12/h2-6,11,14H,7-10H2,1H3. The molecule has 0 amide bonds. The Bertz CT molecular complexity index is 524. The van der Waals surface area contributed by atoms with Crippen molar-refractivity contribution in [3.05, 3.63) is 47.6 Å². The van der Waals surface area contributed by atoms with E-state index >= 15 is 0 Å². The fourth-order valence-electron chi connectivity index (χ4n) is 2.40. The van der Waals surface area contributed by atoms with Crippen molar-refractivity contribution in [2.75, 3.05) is 6.61 Å². The Labute approximate surface area is 112 Å². The SMILES string of the molecule is CC1CCOC1c1nc(CCc2ccccc2)no1. The zero-order valence-corrected chi connectivity index (χ0v) is 11.1. The predicted octanol–water partition coefficient (Wildman–Crippen LogP) is 2.95. The van der Waals surface area contributed by atoms with Crippen LogP contribution in [0.1, 0.15) is 36.7 Å². The molecule has 0 bridgehead atoms. The van der Waals surface area contributed by atoms with Crippen LogP contribution >= 0.6 is 0 Å². The molecule has 0 N–H and O–H groups in total. The van der Waals surface area contributed by atoms with E-state index < -0.39 is 0 Å². The smallest absolute Gasteiger partial charge is 0.256 e. The third-order valence-electron chi connectivity index (χ3n) is 3.59. The summed E-state index contributed by atoms with van der Waals surface area (Å²) in [6.45, 7) is 2.94. The van der Waals surface area contributed by atoms with Crippen molar-refractivity contribution in [1.82, 2.24) is 10.1 Å². The van der Waals surface area contributed by atoms with E-state index in [4.69, 9.17) is 9.26 Å². The number of rotatable bonds is 4. The largest absolute Gasteiger partial charge is 0.368 e. The molecule has 2 heterocycles. The molecule has 1 saturated heterocycles. The molecule has 2 atom stereocenters. The Balaban J connectivity index is 1.62. The van der Waals surface area contributed by atoms with Crippen LogP contribution < -0.4 is 0 Å². The van der Waals surface area contributed by atoms with Crippen LogP contribution in [0.25, 0.3) is 0 Å². The highest BCUT2D eigenvalue weighted by atomic mass is 16.5. The molecular weight excluding hydrogens is 240 g/mol. The van der Waals surface area contributed by atoms with Crippen molar-refractivity contribution in [2.45, 2.75) is 32.3 Å². The first-order valence-corrected chi connectivity index (χ1v) is 6.81. The quantitative estimate of drug-likeness (QED) is 0.846. The van der Waals surface area contributed by atoms with E-state index in [1.807, 2.05) is 18.2 Å². The summed E-state index contributed by atoms with van der Waals surface area (Å²) in [5.41, 5.74) is 1.29. The van der Waals surface area contributed by atoms with E-state index in [-0.39, 0.29) is 6.10 Å². The van der Waals surface area contributed by atoms with Gasteiger partial charge < -0.3 is 9.26 Å². The molecule has 4 nitrogen and oxygen atoms in total. The third kappa shape index (κ3) is 2.84. The normalized spacial score (nSPS) is 22.8. The van der Waals surface area contributed by atoms with Crippen LogP contribution in [0.3, 0.4) is 0 Å². The number of aromatic nitrogens is 2. The summed E-state index contributed by atoms with van der Waals surface area (Å²) in [6.07, 6.45) is 2.78. The fraction of sp³-hybridized carbons (Fsp3) is 0.467. The number of aryl methyl sites for hydroxylation is 2. The topological polar surface area (TPSA) is 48.2 Å². The van der Waals surface area contributed by atoms with Crippen LogP contribution in [0.2, 0.25) is 0 Å². The second-order valence-corrected chi connectivity index (χ2v) is 5.09. The van der Waals surface area contributed by atoms with Crippen molar-refractivity contribution in [3.63, 3.8) is 0 Å². The maximum atomic E-state index is 5.63. The molecule has 1 aliphatic rings. The van der Waals surface area contributed by atoms with Gasteiger partial charge in [0, 0.05) is 13.0 Å². The molecule has 100 valence electrons. The molecule has 2 unspecified atom stereocenters. The van der Waals surface area contributed by atoms with Crippen LogP contribution in [0, 0.1) is 5.92 Å². The summed E-state index contributed by atoms with van der Waals surface area (Å²) in [6, 6.07) is 10.3. The van der Waals surface area contributed by atoms with Gasteiger partial charge in [-0.1, -0.05) is 42.4 Å². The van der Waals surface area contributed by atoms with Crippen LogP contribution in [0.5, 0.6) is 0 Å². The molecule has 3 rings (SSSR count). The number of ether oxygens (including phenoxy) is 1. The van der Waals surface area contributed by atoms with Gasteiger partial charge in [0.2, 0.25) is 0 Å². The Hall–Kier alpha value is -1.68. The summed E-state index contributed by atoms with van der Waals surface area (Å²) in [5.74, 6) is 1.86. The molecule has 0 spiro atoms. The Morgan fingerprint density at radius 2 is 2.05 bits per heavy atom. The van der Waals surface area contributed by atoms with E-state index in [9.17, 15) is 0 Å². The predicted molar refractivity (Wildman–Crippen MR) is 70.6 cm³/mol. The maximum Gasteiger partial charge on any atom is 0.256 e. The Kier molecular flexibility index (Phi) is 3.60. The van der Waals surface area contributed by atoms with E-state index in [2.05, 4.69) is 29.2 Å². The summed E-state index contributed by atoms with van der Waals surface area (Å²) in [7, 11) is 0. The molecule has 2 aromatic rings. The Morgan fingerprint density at radius 3 is 2.79 bits per heavy atom. The van der Waals surface area contributed by atoms with Crippen LogP contribution in [0.15, 0.2) is 34.9 Å². The molecule has 0 aliphatic carbocycles. The maximum absolute atomic E-state index is 5.63. The fourth-order valence-corrected chi connectivity index (χ4v) is 2.40. The minimum Gasteiger partial charge on any atom is -0.368 e.